The zero-order valence-corrected chi connectivity index (χ0v) is 7.03. The highest BCUT2D eigenvalue weighted by molar-refractivity contribution is 5.57. The number of alkyl halides is 3. The van der Waals surface area contributed by atoms with E-state index in [9.17, 15) is 17.6 Å². The van der Waals surface area contributed by atoms with Gasteiger partial charge in [0.1, 0.15) is 11.9 Å². The highest BCUT2D eigenvalue weighted by Gasteiger charge is 2.43. The highest BCUT2D eigenvalue weighted by atomic mass is 19.4. The molecular formula is C9H7F4N. The van der Waals surface area contributed by atoms with Gasteiger partial charge in [-0.3, -0.25) is 0 Å². The maximum atomic E-state index is 13.0. The molecule has 0 saturated heterocycles. The second-order valence-electron chi connectivity index (χ2n) is 3.21. The number of anilines is 1. The van der Waals surface area contributed by atoms with Crippen LogP contribution in [-0.2, 0) is 6.42 Å². The molecule has 1 N–H and O–H groups in total. The molecule has 0 aromatic heterocycles. The summed E-state index contributed by atoms with van der Waals surface area (Å²) >= 11 is 0. The molecule has 0 aliphatic carbocycles. The van der Waals surface area contributed by atoms with Crippen molar-refractivity contribution in [3.63, 3.8) is 0 Å². The number of nitrogens with one attached hydrogen (secondary N) is 1. The van der Waals surface area contributed by atoms with Crippen molar-refractivity contribution >= 4 is 5.69 Å². The summed E-state index contributed by atoms with van der Waals surface area (Å²) in [6, 6.07) is 2.35. The van der Waals surface area contributed by atoms with Crippen molar-refractivity contribution in [1.82, 2.24) is 0 Å². The summed E-state index contributed by atoms with van der Waals surface area (Å²) in [4.78, 5) is 0. The third-order valence-corrected chi connectivity index (χ3v) is 2.25. The Morgan fingerprint density at radius 3 is 2.57 bits per heavy atom. The van der Waals surface area contributed by atoms with Gasteiger partial charge in [0.25, 0.3) is 0 Å². The minimum Gasteiger partial charge on any atom is -0.373 e. The van der Waals surface area contributed by atoms with Gasteiger partial charge < -0.3 is 5.32 Å². The summed E-state index contributed by atoms with van der Waals surface area (Å²) in [5.41, 5.74) is 0.363. The van der Waals surface area contributed by atoms with Crippen molar-refractivity contribution in [2.45, 2.75) is 18.6 Å². The van der Waals surface area contributed by atoms with Gasteiger partial charge in [-0.2, -0.15) is 13.2 Å². The lowest BCUT2D eigenvalue weighted by Gasteiger charge is -2.14. The Balaban J connectivity index is 2.31. The number of rotatable bonds is 0. The topological polar surface area (TPSA) is 12.0 Å². The summed E-state index contributed by atoms with van der Waals surface area (Å²) < 4.78 is 49.9. The van der Waals surface area contributed by atoms with Gasteiger partial charge in [-0.15, -0.1) is 0 Å². The fourth-order valence-electron chi connectivity index (χ4n) is 1.54. The largest absolute Gasteiger partial charge is 0.408 e. The summed E-state index contributed by atoms with van der Waals surface area (Å²) in [6.07, 6.45) is -4.66. The first kappa shape index (κ1) is 9.30. The smallest absolute Gasteiger partial charge is 0.373 e. The van der Waals surface area contributed by atoms with Crippen LogP contribution in [0.2, 0.25) is 0 Å². The first-order valence-corrected chi connectivity index (χ1v) is 4.09. The fourth-order valence-corrected chi connectivity index (χ4v) is 1.54. The molecule has 2 rings (SSSR count). The molecule has 1 unspecified atom stereocenters. The predicted molar refractivity (Wildman–Crippen MR) is 43.6 cm³/mol. The number of hydrogen-bond acceptors (Lipinski definition) is 1. The molecule has 0 fully saturated rings. The van der Waals surface area contributed by atoms with Crippen LogP contribution in [0.3, 0.4) is 0 Å². The zero-order valence-electron chi connectivity index (χ0n) is 7.03. The van der Waals surface area contributed by atoms with Crippen molar-refractivity contribution in [2.24, 2.45) is 0 Å². The zero-order chi connectivity index (χ0) is 10.3. The molecule has 1 aromatic rings. The lowest BCUT2D eigenvalue weighted by molar-refractivity contribution is -0.140. The number of halogens is 4. The average Bonchev–Trinajstić information content (AvgIpc) is 2.48. The van der Waals surface area contributed by atoms with E-state index in [0.717, 1.165) is 0 Å². The normalized spacial score (nSPS) is 20.4. The molecule has 0 amide bonds. The third kappa shape index (κ3) is 1.42. The number of hydrogen-bond donors (Lipinski definition) is 1. The molecule has 1 aliphatic rings. The van der Waals surface area contributed by atoms with Gasteiger partial charge >= 0.3 is 6.18 Å². The molecule has 14 heavy (non-hydrogen) atoms. The van der Waals surface area contributed by atoms with E-state index in [1.807, 2.05) is 0 Å². The van der Waals surface area contributed by atoms with Crippen molar-refractivity contribution in [3.05, 3.63) is 29.6 Å². The summed E-state index contributed by atoms with van der Waals surface area (Å²) in [7, 11) is 0. The molecular weight excluding hydrogens is 198 g/mol. The van der Waals surface area contributed by atoms with Crippen LogP contribution in [0.4, 0.5) is 23.2 Å². The molecule has 1 aromatic carbocycles. The van der Waals surface area contributed by atoms with Gasteiger partial charge in [0.15, 0.2) is 0 Å². The summed E-state index contributed by atoms with van der Waals surface area (Å²) in [5.74, 6) is -0.582. The van der Waals surface area contributed by atoms with Gasteiger partial charge in [0.2, 0.25) is 0 Å². The number of fused-ring (bicyclic) bond motifs is 1. The Labute approximate surface area is 77.7 Å². The minimum atomic E-state index is -4.33. The van der Waals surface area contributed by atoms with Gasteiger partial charge in [0, 0.05) is 17.7 Å². The lowest BCUT2D eigenvalue weighted by atomic mass is 10.1. The monoisotopic (exact) mass is 205 g/mol. The quantitative estimate of drug-likeness (QED) is 0.642. The molecule has 0 spiro atoms. The van der Waals surface area contributed by atoms with Crippen LogP contribution < -0.4 is 5.32 Å². The van der Waals surface area contributed by atoms with Crippen molar-refractivity contribution in [3.8, 4) is 0 Å². The van der Waals surface area contributed by atoms with E-state index < -0.39 is 18.0 Å². The van der Waals surface area contributed by atoms with Gasteiger partial charge in [-0.25, -0.2) is 4.39 Å². The maximum absolute atomic E-state index is 13.0. The molecule has 1 nitrogen and oxygen atoms in total. The van der Waals surface area contributed by atoms with E-state index in [2.05, 4.69) is 5.32 Å². The Hall–Kier alpha value is -1.26. The lowest BCUT2D eigenvalue weighted by Crippen LogP contribution is -2.34. The van der Waals surface area contributed by atoms with Crippen LogP contribution in [0, 0.1) is 5.82 Å². The van der Waals surface area contributed by atoms with E-state index in [4.69, 9.17) is 0 Å². The molecule has 0 bridgehead atoms. The van der Waals surface area contributed by atoms with Crippen molar-refractivity contribution < 1.29 is 17.6 Å². The maximum Gasteiger partial charge on any atom is 0.408 e. The van der Waals surface area contributed by atoms with Gasteiger partial charge in [-0.1, -0.05) is 6.07 Å². The molecule has 0 radical (unpaired) electrons. The van der Waals surface area contributed by atoms with E-state index in [-0.39, 0.29) is 17.7 Å². The minimum absolute atomic E-state index is 0.120. The van der Waals surface area contributed by atoms with Crippen LogP contribution in [0.25, 0.3) is 0 Å². The molecule has 1 aliphatic heterocycles. The SMILES string of the molecule is Fc1cccc2c1CC(C(F)(F)F)N2. The van der Waals surface area contributed by atoms with Crippen LogP contribution in [-0.4, -0.2) is 12.2 Å². The second kappa shape index (κ2) is 2.87. The summed E-state index contributed by atoms with van der Waals surface area (Å²) in [6.45, 7) is 0. The van der Waals surface area contributed by atoms with Crippen molar-refractivity contribution in [2.75, 3.05) is 5.32 Å². The van der Waals surface area contributed by atoms with Crippen LogP contribution in [0.15, 0.2) is 18.2 Å². The standard InChI is InChI=1S/C9H7F4N/c10-6-2-1-3-7-5(6)4-8(14-7)9(11,12)13/h1-3,8,14H,4H2. The average molecular weight is 205 g/mol. The molecule has 76 valence electrons. The van der Waals surface area contributed by atoms with E-state index >= 15 is 0 Å². The Kier molecular flexibility index (Phi) is 1.90. The Morgan fingerprint density at radius 2 is 2.00 bits per heavy atom. The van der Waals surface area contributed by atoms with Crippen molar-refractivity contribution in [1.29, 1.82) is 0 Å². The van der Waals surface area contributed by atoms with Gasteiger partial charge in [-0.05, 0) is 12.1 Å². The third-order valence-electron chi connectivity index (χ3n) is 2.25. The van der Waals surface area contributed by atoms with Crippen LogP contribution in [0.1, 0.15) is 5.56 Å². The molecule has 5 heteroatoms. The predicted octanol–water partition coefficient (Wildman–Crippen LogP) is 2.72. The first-order valence-electron chi connectivity index (χ1n) is 4.09. The van der Waals surface area contributed by atoms with Crippen LogP contribution in [0.5, 0.6) is 0 Å². The molecule has 0 saturated carbocycles. The molecule has 1 atom stereocenters. The van der Waals surface area contributed by atoms with Gasteiger partial charge in [0.05, 0.1) is 0 Å². The fraction of sp³-hybridized carbons (Fsp3) is 0.333. The van der Waals surface area contributed by atoms with Crippen LogP contribution >= 0.6 is 0 Å². The summed E-state index contributed by atoms with van der Waals surface area (Å²) in [5, 5.41) is 2.25. The van der Waals surface area contributed by atoms with E-state index in [1.54, 1.807) is 0 Å². The first-order chi connectivity index (χ1) is 6.48. The molecule has 1 heterocycles. The Morgan fingerprint density at radius 1 is 1.29 bits per heavy atom. The Bertz CT molecular complexity index is 358. The van der Waals surface area contributed by atoms with E-state index in [0.29, 0.717) is 0 Å². The van der Waals surface area contributed by atoms with E-state index in [1.165, 1.54) is 18.2 Å². The highest BCUT2D eigenvalue weighted by Crippen LogP contribution is 2.35. The number of benzene rings is 1. The second-order valence-corrected chi connectivity index (χ2v) is 3.21.